The Labute approximate surface area is 125 Å². The zero-order valence-electron chi connectivity index (χ0n) is 11.5. The minimum atomic E-state index is -0.458. The quantitative estimate of drug-likeness (QED) is 0.655. The number of nitrogen functional groups attached to an aromatic ring is 1. The lowest BCUT2D eigenvalue weighted by Crippen LogP contribution is -2.24. The van der Waals surface area contributed by atoms with Crippen molar-refractivity contribution < 1.29 is 9.72 Å². The van der Waals surface area contributed by atoms with Crippen molar-refractivity contribution in [2.45, 2.75) is 13.3 Å². The van der Waals surface area contributed by atoms with E-state index in [0.717, 1.165) is 12.0 Å². The van der Waals surface area contributed by atoms with Gasteiger partial charge in [0.15, 0.2) is 0 Å². The van der Waals surface area contributed by atoms with E-state index in [2.05, 4.69) is 5.32 Å². The topological polar surface area (TPSA) is 98.3 Å². The fourth-order valence-electron chi connectivity index (χ4n) is 1.91. The van der Waals surface area contributed by atoms with Gasteiger partial charge in [-0.1, -0.05) is 6.92 Å². The Hall–Kier alpha value is -2.41. The maximum absolute atomic E-state index is 12.2. The number of carbonyl (C=O) groups excluding carboxylic acids is 1. The van der Waals surface area contributed by atoms with Crippen LogP contribution >= 0.6 is 11.3 Å². The van der Waals surface area contributed by atoms with E-state index in [1.54, 1.807) is 17.5 Å². The van der Waals surface area contributed by atoms with Gasteiger partial charge in [-0.25, -0.2) is 0 Å². The Morgan fingerprint density at radius 1 is 1.38 bits per heavy atom. The van der Waals surface area contributed by atoms with Gasteiger partial charge in [-0.2, -0.15) is 0 Å². The van der Waals surface area contributed by atoms with Gasteiger partial charge in [0.05, 0.1) is 15.5 Å². The molecule has 0 radical (unpaired) electrons. The van der Waals surface area contributed by atoms with E-state index in [-0.39, 0.29) is 11.6 Å². The Morgan fingerprint density at radius 3 is 2.62 bits per heavy atom. The molecule has 2 aromatic rings. The summed E-state index contributed by atoms with van der Waals surface area (Å²) >= 11 is 1.28. The van der Waals surface area contributed by atoms with Crippen LogP contribution in [0, 0.1) is 10.1 Å². The number of amides is 1. The molecule has 21 heavy (non-hydrogen) atoms. The number of carbonyl (C=O) groups is 1. The van der Waals surface area contributed by atoms with Crippen molar-refractivity contribution in [1.29, 1.82) is 0 Å². The number of nitro groups is 1. The SMILES string of the molecule is CCCNC(=O)c1c(-c2ccc([N+](=O)[O-])cc2)csc1N. The molecule has 0 saturated heterocycles. The molecule has 110 valence electrons. The first-order valence-electron chi connectivity index (χ1n) is 6.44. The molecule has 1 heterocycles. The Morgan fingerprint density at radius 2 is 2.05 bits per heavy atom. The van der Waals surface area contributed by atoms with Crippen molar-refractivity contribution in [1.82, 2.24) is 5.32 Å². The molecule has 0 aliphatic rings. The van der Waals surface area contributed by atoms with Crippen LogP contribution in [0.4, 0.5) is 10.7 Å². The second kappa shape index (κ2) is 6.36. The van der Waals surface area contributed by atoms with Crippen molar-refractivity contribution >= 4 is 27.9 Å². The fourth-order valence-corrected chi connectivity index (χ4v) is 2.73. The number of benzene rings is 1. The molecule has 0 fully saturated rings. The number of nitrogens with one attached hydrogen (secondary N) is 1. The molecule has 2 rings (SSSR count). The molecule has 6 nitrogen and oxygen atoms in total. The predicted molar refractivity (Wildman–Crippen MR) is 83.4 cm³/mol. The van der Waals surface area contributed by atoms with Crippen LogP contribution in [0.25, 0.3) is 11.1 Å². The van der Waals surface area contributed by atoms with Crippen molar-refractivity contribution in [2.75, 3.05) is 12.3 Å². The van der Waals surface area contributed by atoms with Crippen LogP contribution in [0.15, 0.2) is 29.6 Å². The second-order valence-corrected chi connectivity index (χ2v) is 5.36. The fraction of sp³-hybridized carbons (Fsp3) is 0.214. The third kappa shape index (κ3) is 3.19. The van der Waals surface area contributed by atoms with Crippen LogP contribution in [0.1, 0.15) is 23.7 Å². The number of rotatable bonds is 5. The molecular formula is C14H15N3O3S. The van der Waals surface area contributed by atoms with E-state index in [1.165, 1.54) is 23.5 Å². The molecule has 0 atom stereocenters. The van der Waals surface area contributed by atoms with E-state index in [1.807, 2.05) is 6.92 Å². The molecule has 1 aromatic heterocycles. The summed E-state index contributed by atoms with van der Waals surface area (Å²) in [5.41, 5.74) is 7.75. The number of non-ortho nitro benzene ring substituents is 1. The first kappa shape index (κ1) is 15.0. The van der Waals surface area contributed by atoms with Gasteiger partial charge in [-0.05, 0) is 24.1 Å². The van der Waals surface area contributed by atoms with Crippen LogP contribution in [0.3, 0.4) is 0 Å². The highest BCUT2D eigenvalue weighted by molar-refractivity contribution is 7.15. The summed E-state index contributed by atoms with van der Waals surface area (Å²) in [7, 11) is 0. The average Bonchev–Trinajstić information content (AvgIpc) is 2.86. The Balaban J connectivity index is 2.36. The summed E-state index contributed by atoms with van der Waals surface area (Å²) in [6.45, 7) is 2.54. The number of hydrogen-bond acceptors (Lipinski definition) is 5. The maximum atomic E-state index is 12.2. The van der Waals surface area contributed by atoms with Crippen molar-refractivity contribution in [2.24, 2.45) is 0 Å². The van der Waals surface area contributed by atoms with Crippen LogP contribution in [0.5, 0.6) is 0 Å². The maximum Gasteiger partial charge on any atom is 0.269 e. The second-order valence-electron chi connectivity index (χ2n) is 4.45. The van der Waals surface area contributed by atoms with E-state index in [9.17, 15) is 14.9 Å². The summed E-state index contributed by atoms with van der Waals surface area (Å²) in [4.78, 5) is 22.4. The predicted octanol–water partition coefficient (Wildman–Crippen LogP) is 3.05. The van der Waals surface area contributed by atoms with Gasteiger partial charge in [0, 0.05) is 29.6 Å². The molecule has 0 saturated carbocycles. The zero-order valence-corrected chi connectivity index (χ0v) is 12.3. The molecule has 0 bridgehead atoms. The van der Waals surface area contributed by atoms with Crippen LogP contribution in [-0.4, -0.2) is 17.4 Å². The van der Waals surface area contributed by atoms with Gasteiger partial charge in [-0.15, -0.1) is 11.3 Å². The third-order valence-corrected chi connectivity index (χ3v) is 3.78. The van der Waals surface area contributed by atoms with Gasteiger partial charge >= 0.3 is 0 Å². The van der Waals surface area contributed by atoms with Gasteiger partial charge in [-0.3, -0.25) is 14.9 Å². The lowest BCUT2D eigenvalue weighted by Gasteiger charge is -2.06. The Kier molecular flexibility index (Phi) is 4.54. The molecule has 0 aliphatic heterocycles. The minimum absolute atomic E-state index is 0.0129. The number of nitrogens with zero attached hydrogens (tertiary/aromatic N) is 1. The zero-order chi connectivity index (χ0) is 15.4. The normalized spacial score (nSPS) is 10.3. The monoisotopic (exact) mass is 305 g/mol. The van der Waals surface area contributed by atoms with Crippen molar-refractivity contribution in [3.63, 3.8) is 0 Å². The third-order valence-electron chi connectivity index (χ3n) is 2.97. The first-order valence-corrected chi connectivity index (χ1v) is 7.32. The van der Waals surface area contributed by atoms with E-state index < -0.39 is 4.92 Å². The minimum Gasteiger partial charge on any atom is -0.390 e. The summed E-state index contributed by atoms with van der Waals surface area (Å²) in [5.74, 6) is -0.219. The first-order chi connectivity index (χ1) is 10.0. The van der Waals surface area contributed by atoms with Crippen LogP contribution in [-0.2, 0) is 0 Å². The Bertz CT molecular complexity index is 665. The highest BCUT2D eigenvalue weighted by atomic mass is 32.1. The highest BCUT2D eigenvalue weighted by Gasteiger charge is 2.18. The molecule has 0 unspecified atom stereocenters. The standard InChI is InChI=1S/C14H15N3O3S/c1-2-7-16-14(18)12-11(8-21-13(12)15)9-3-5-10(6-4-9)17(19)20/h3-6,8H,2,7,15H2,1H3,(H,16,18). The molecule has 0 aliphatic carbocycles. The van der Waals surface area contributed by atoms with E-state index >= 15 is 0 Å². The highest BCUT2D eigenvalue weighted by Crippen LogP contribution is 2.34. The number of thiophene rings is 1. The molecule has 7 heteroatoms. The number of nitrogens with two attached hydrogens (primary N) is 1. The number of hydrogen-bond donors (Lipinski definition) is 2. The average molecular weight is 305 g/mol. The largest absolute Gasteiger partial charge is 0.390 e. The summed E-state index contributed by atoms with van der Waals surface area (Å²) in [6, 6.07) is 6.07. The molecule has 1 amide bonds. The van der Waals surface area contributed by atoms with Gasteiger partial charge in [0.1, 0.15) is 0 Å². The van der Waals surface area contributed by atoms with Gasteiger partial charge in [0.25, 0.3) is 11.6 Å². The lowest BCUT2D eigenvalue weighted by atomic mass is 10.0. The lowest BCUT2D eigenvalue weighted by molar-refractivity contribution is -0.384. The van der Waals surface area contributed by atoms with Crippen molar-refractivity contribution in [3.05, 3.63) is 45.3 Å². The van der Waals surface area contributed by atoms with Gasteiger partial charge < -0.3 is 11.1 Å². The van der Waals surface area contributed by atoms with E-state index in [0.29, 0.717) is 22.7 Å². The van der Waals surface area contributed by atoms with Crippen LogP contribution < -0.4 is 11.1 Å². The van der Waals surface area contributed by atoms with E-state index in [4.69, 9.17) is 5.73 Å². The summed E-state index contributed by atoms with van der Waals surface area (Å²) in [6.07, 6.45) is 0.836. The summed E-state index contributed by atoms with van der Waals surface area (Å²) < 4.78 is 0. The molecule has 3 N–H and O–H groups in total. The summed E-state index contributed by atoms with van der Waals surface area (Å²) in [5, 5.41) is 15.7. The number of nitro benzene ring substituents is 1. The molecule has 1 aromatic carbocycles. The molecular weight excluding hydrogens is 290 g/mol. The van der Waals surface area contributed by atoms with Crippen LogP contribution in [0.2, 0.25) is 0 Å². The van der Waals surface area contributed by atoms with Crippen molar-refractivity contribution in [3.8, 4) is 11.1 Å². The molecule has 0 spiro atoms. The number of anilines is 1. The van der Waals surface area contributed by atoms with Gasteiger partial charge in [0.2, 0.25) is 0 Å². The smallest absolute Gasteiger partial charge is 0.269 e.